The Bertz CT molecular complexity index is 374. The molecule has 1 rings (SSSR count). The average Bonchev–Trinajstić information content (AvgIpc) is 2.30. The zero-order chi connectivity index (χ0) is 12.0. The molecule has 16 heavy (non-hydrogen) atoms. The molecule has 1 unspecified atom stereocenters. The van der Waals surface area contributed by atoms with E-state index in [4.69, 9.17) is 4.74 Å². The first-order valence-electron chi connectivity index (χ1n) is 5.21. The van der Waals surface area contributed by atoms with Gasteiger partial charge < -0.3 is 4.74 Å². The maximum Gasteiger partial charge on any atom is 0.191 e. The molecule has 0 N–H and O–H groups in total. The number of carbonyl (C=O) groups excluding carboxylic acids is 1. The Morgan fingerprint density at radius 2 is 2.25 bits per heavy atom. The molecule has 0 aromatic heterocycles. The van der Waals surface area contributed by atoms with E-state index in [1.165, 1.54) is 12.1 Å². The van der Waals surface area contributed by atoms with Crippen LogP contribution in [-0.2, 0) is 4.74 Å². The van der Waals surface area contributed by atoms with Gasteiger partial charge in [-0.3, -0.25) is 4.79 Å². The van der Waals surface area contributed by atoms with Gasteiger partial charge in [-0.15, -0.1) is 6.58 Å². The summed E-state index contributed by atoms with van der Waals surface area (Å²) in [5.74, 6) is -0.860. The van der Waals surface area contributed by atoms with Crippen molar-refractivity contribution in [3.05, 3.63) is 48.3 Å². The van der Waals surface area contributed by atoms with Crippen LogP contribution in [0.1, 0.15) is 23.7 Å². The Balaban J connectivity index is 2.59. The van der Waals surface area contributed by atoms with E-state index in [-0.39, 0.29) is 24.1 Å². The molecule has 1 atom stereocenters. The summed E-state index contributed by atoms with van der Waals surface area (Å²) >= 11 is 0. The van der Waals surface area contributed by atoms with Crippen molar-refractivity contribution >= 4 is 5.78 Å². The van der Waals surface area contributed by atoms with E-state index in [1.807, 2.05) is 6.92 Å². The van der Waals surface area contributed by atoms with E-state index in [2.05, 4.69) is 6.58 Å². The van der Waals surface area contributed by atoms with Crippen LogP contribution in [0.3, 0.4) is 0 Å². The smallest absolute Gasteiger partial charge is 0.191 e. The molecule has 0 spiro atoms. The molecule has 0 radical (unpaired) electrons. The van der Waals surface area contributed by atoms with Crippen molar-refractivity contribution in [2.45, 2.75) is 19.4 Å². The summed E-state index contributed by atoms with van der Waals surface area (Å²) in [4.78, 5) is 11.6. The van der Waals surface area contributed by atoms with Crippen molar-refractivity contribution in [3.8, 4) is 0 Å². The zero-order valence-electron chi connectivity index (χ0n) is 9.28. The number of Topliss-reactive ketones (excluding diaryl/α,β-unsaturated/α-hetero) is 1. The number of ether oxygens (including phenoxy) is 1. The minimum atomic E-state index is -0.511. The molecule has 0 aliphatic carbocycles. The molecule has 1 aromatic carbocycles. The van der Waals surface area contributed by atoms with Crippen molar-refractivity contribution in [2.75, 3.05) is 6.61 Å². The van der Waals surface area contributed by atoms with E-state index < -0.39 is 5.82 Å². The zero-order valence-corrected chi connectivity index (χ0v) is 9.28. The predicted octanol–water partition coefficient (Wildman–Crippen LogP) is 2.99. The second-order valence-electron chi connectivity index (χ2n) is 3.40. The molecule has 0 amide bonds. The molecule has 86 valence electrons. The Morgan fingerprint density at radius 3 is 2.81 bits per heavy atom. The predicted molar refractivity (Wildman–Crippen MR) is 61.0 cm³/mol. The van der Waals surface area contributed by atoms with Gasteiger partial charge in [0.1, 0.15) is 12.4 Å². The van der Waals surface area contributed by atoms with Crippen LogP contribution < -0.4 is 0 Å². The van der Waals surface area contributed by atoms with Gasteiger partial charge in [0.15, 0.2) is 5.78 Å². The molecule has 2 nitrogen and oxygen atoms in total. The molecule has 0 heterocycles. The first-order chi connectivity index (χ1) is 7.69. The lowest BCUT2D eigenvalue weighted by Crippen LogP contribution is -2.16. The second-order valence-corrected chi connectivity index (χ2v) is 3.40. The van der Waals surface area contributed by atoms with E-state index in [1.54, 1.807) is 18.2 Å². The summed E-state index contributed by atoms with van der Waals surface area (Å²) in [6.07, 6.45) is 2.22. The fourth-order valence-corrected chi connectivity index (χ4v) is 1.30. The molecule has 0 saturated heterocycles. The van der Waals surface area contributed by atoms with Crippen molar-refractivity contribution in [1.82, 2.24) is 0 Å². The molecule has 0 aliphatic heterocycles. The third-order valence-electron chi connectivity index (χ3n) is 2.27. The van der Waals surface area contributed by atoms with Crippen LogP contribution in [0.5, 0.6) is 0 Å². The van der Waals surface area contributed by atoms with Gasteiger partial charge in [0.25, 0.3) is 0 Å². The largest absolute Gasteiger partial charge is 0.366 e. The number of hydrogen-bond donors (Lipinski definition) is 0. The van der Waals surface area contributed by atoms with Gasteiger partial charge in [-0.05, 0) is 18.6 Å². The second kappa shape index (κ2) is 6.18. The highest BCUT2D eigenvalue weighted by Crippen LogP contribution is 2.08. The van der Waals surface area contributed by atoms with Crippen molar-refractivity contribution < 1.29 is 13.9 Å². The van der Waals surface area contributed by atoms with E-state index >= 15 is 0 Å². The van der Waals surface area contributed by atoms with Gasteiger partial charge in [-0.25, -0.2) is 4.39 Å². The summed E-state index contributed by atoms with van der Waals surface area (Å²) in [6.45, 7) is 5.40. The topological polar surface area (TPSA) is 26.3 Å². The molecule has 0 saturated carbocycles. The number of rotatable bonds is 6. The molecule has 0 bridgehead atoms. The highest BCUT2D eigenvalue weighted by atomic mass is 19.1. The van der Waals surface area contributed by atoms with Crippen LogP contribution in [0.15, 0.2) is 36.9 Å². The highest BCUT2D eigenvalue weighted by molar-refractivity contribution is 5.97. The average molecular weight is 222 g/mol. The first-order valence-corrected chi connectivity index (χ1v) is 5.21. The Kier molecular flexibility index (Phi) is 4.86. The summed E-state index contributed by atoms with van der Waals surface area (Å²) in [6, 6.07) is 5.89. The summed E-state index contributed by atoms with van der Waals surface area (Å²) in [5, 5.41) is 0. The standard InChI is InChI=1S/C13H15FO2/c1-3-10(4-2)16-9-13(15)11-7-5-6-8-12(11)14/h3,5-8,10H,1,4,9H2,2H3. The van der Waals surface area contributed by atoms with Gasteiger partial charge in [-0.1, -0.05) is 25.1 Å². The summed E-state index contributed by atoms with van der Waals surface area (Å²) in [5.41, 5.74) is 0.0708. The number of halogens is 1. The van der Waals surface area contributed by atoms with Gasteiger partial charge in [-0.2, -0.15) is 0 Å². The Morgan fingerprint density at radius 1 is 1.56 bits per heavy atom. The van der Waals surface area contributed by atoms with Crippen LogP contribution in [0, 0.1) is 5.82 Å². The molecule has 1 aromatic rings. The lowest BCUT2D eigenvalue weighted by Gasteiger charge is -2.10. The number of carbonyl (C=O) groups is 1. The molecule has 0 fully saturated rings. The van der Waals surface area contributed by atoms with Crippen LogP contribution in [-0.4, -0.2) is 18.5 Å². The molecule has 3 heteroatoms. The van der Waals surface area contributed by atoms with Gasteiger partial charge in [0.05, 0.1) is 11.7 Å². The third-order valence-corrected chi connectivity index (χ3v) is 2.27. The quantitative estimate of drug-likeness (QED) is 0.546. The Hall–Kier alpha value is -1.48. The molecular formula is C13H15FO2. The van der Waals surface area contributed by atoms with Gasteiger partial charge in [0, 0.05) is 0 Å². The maximum atomic E-state index is 13.2. The fourth-order valence-electron chi connectivity index (χ4n) is 1.30. The minimum absolute atomic E-state index is 0.0708. The highest BCUT2D eigenvalue weighted by Gasteiger charge is 2.12. The van der Waals surface area contributed by atoms with Gasteiger partial charge >= 0.3 is 0 Å². The monoisotopic (exact) mass is 222 g/mol. The summed E-state index contributed by atoms with van der Waals surface area (Å²) < 4.78 is 18.5. The van der Waals surface area contributed by atoms with Crippen molar-refractivity contribution in [3.63, 3.8) is 0 Å². The lowest BCUT2D eigenvalue weighted by molar-refractivity contribution is 0.0601. The van der Waals surface area contributed by atoms with Crippen LogP contribution in [0.2, 0.25) is 0 Å². The lowest BCUT2D eigenvalue weighted by atomic mass is 10.1. The van der Waals surface area contributed by atoms with Crippen LogP contribution in [0.4, 0.5) is 4.39 Å². The van der Waals surface area contributed by atoms with Crippen LogP contribution >= 0.6 is 0 Å². The van der Waals surface area contributed by atoms with E-state index in [0.29, 0.717) is 0 Å². The molecular weight excluding hydrogens is 207 g/mol. The maximum absolute atomic E-state index is 13.2. The number of benzene rings is 1. The summed E-state index contributed by atoms with van der Waals surface area (Å²) in [7, 11) is 0. The first kappa shape index (κ1) is 12.6. The minimum Gasteiger partial charge on any atom is -0.366 e. The normalized spacial score (nSPS) is 12.1. The fraction of sp³-hybridized carbons (Fsp3) is 0.308. The van der Waals surface area contributed by atoms with E-state index in [9.17, 15) is 9.18 Å². The van der Waals surface area contributed by atoms with Gasteiger partial charge in [0.2, 0.25) is 0 Å². The van der Waals surface area contributed by atoms with E-state index in [0.717, 1.165) is 6.42 Å². The third kappa shape index (κ3) is 3.28. The Labute approximate surface area is 94.7 Å². The molecule has 0 aliphatic rings. The number of ketones is 1. The van der Waals surface area contributed by atoms with Crippen molar-refractivity contribution in [1.29, 1.82) is 0 Å². The SMILES string of the molecule is C=CC(CC)OCC(=O)c1ccccc1F. The number of hydrogen-bond acceptors (Lipinski definition) is 2. The van der Waals surface area contributed by atoms with Crippen molar-refractivity contribution in [2.24, 2.45) is 0 Å². The van der Waals surface area contributed by atoms with Crippen LogP contribution in [0.25, 0.3) is 0 Å².